The molecular formula is C10H16NO3P. The first-order valence-corrected chi connectivity index (χ1v) is 6.79. The molecule has 0 spiro atoms. The maximum Gasteiger partial charge on any atom is 0.207 e. The van der Waals surface area contributed by atoms with Crippen molar-refractivity contribution in [2.24, 2.45) is 5.73 Å². The van der Waals surface area contributed by atoms with Gasteiger partial charge in [0.05, 0.1) is 12.3 Å². The van der Waals surface area contributed by atoms with Gasteiger partial charge >= 0.3 is 0 Å². The van der Waals surface area contributed by atoms with Gasteiger partial charge in [-0.2, -0.15) is 0 Å². The second kappa shape index (κ2) is 5.42. The van der Waals surface area contributed by atoms with Crippen LogP contribution in [0.25, 0.3) is 0 Å². The monoisotopic (exact) mass is 229 g/mol. The number of nitrogens with two attached hydrogens (primary N) is 1. The van der Waals surface area contributed by atoms with Crippen LogP contribution in [0.3, 0.4) is 0 Å². The first-order chi connectivity index (χ1) is 7.03. The Hall–Kier alpha value is -0.670. The molecule has 0 bridgehead atoms. The van der Waals surface area contributed by atoms with Gasteiger partial charge < -0.3 is 15.7 Å². The van der Waals surface area contributed by atoms with Crippen LogP contribution in [0.1, 0.15) is 5.56 Å². The molecule has 15 heavy (non-hydrogen) atoms. The highest BCUT2D eigenvalue weighted by molar-refractivity contribution is 7.57. The average molecular weight is 229 g/mol. The molecule has 0 saturated heterocycles. The topological polar surface area (TPSA) is 83.5 Å². The lowest BCUT2D eigenvalue weighted by atomic mass is 10.2. The minimum atomic E-state index is -3.32. The van der Waals surface area contributed by atoms with Gasteiger partial charge in [-0.25, -0.2) is 0 Å². The summed E-state index contributed by atoms with van der Waals surface area (Å²) in [7, 11) is -3.32. The summed E-state index contributed by atoms with van der Waals surface area (Å²) in [5.74, 6) is 0. The lowest BCUT2D eigenvalue weighted by molar-refractivity contribution is 0.202. The SMILES string of the molecule is NC[C@@H](O)CP(=O)(O)Cc1ccccc1. The van der Waals surface area contributed by atoms with E-state index in [1.54, 1.807) is 12.1 Å². The number of hydrogen-bond acceptors (Lipinski definition) is 3. The fourth-order valence-corrected chi connectivity index (χ4v) is 3.06. The van der Waals surface area contributed by atoms with Gasteiger partial charge in [-0.1, -0.05) is 30.3 Å². The van der Waals surface area contributed by atoms with Crippen molar-refractivity contribution < 1.29 is 14.6 Å². The van der Waals surface area contributed by atoms with Crippen molar-refractivity contribution in [3.63, 3.8) is 0 Å². The third-order valence-electron chi connectivity index (χ3n) is 2.04. The first kappa shape index (κ1) is 12.4. The van der Waals surface area contributed by atoms with E-state index in [4.69, 9.17) is 5.73 Å². The second-order valence-electron chi connectivity index (χ2n) is 3.56. The van der Waals surface area contributed by atoms with Crippen molar-refractivity contribution in [3.8, 4) is 0 Å². The molecule has 1 aromatic rings. The van der Waals surface area contributed by atoms with Crippen molar-refractivity contribution in [2.75, 3.05) is 12.7 Å². The quantitative estimate of drug-likeness (QED) is 0.651. The lowest BCUT2D eigenvalue weighted by Crippen LogP contribution is -2.23. The average Bonchev–Trinajstić information content (AvgIpc) is 2.17. The molecule has 0 aromatic heterocycles. The van der Waals surface area contributed by atoms with Crippen LogP contribution in [0, 0.1) is 0 Å². The minimum Gasteiger partial charge on any atom is -0.391 e. The van der Waals surface area contributed by atoms with Gasteiger partial charge in [-0.3, -0.25) is 4.57 Å². The van der Waals surface area contributed by atoms with E-state index in [-0.39, 0.29) is 18.9 Å². The fraction of sp³-hybridized carbons (Fsp3) is 0.400. The van der Waals surface area contributed by atoms with Gasteiger partial charge in [-0.05, 0) is 5.56 Å². The molecule has 1 unspecified atom stereocenters. The Balaban J connectivity index is 2.61. The molecule has 1 aromatic carbocycles. The Bertz CT molecular complexity index is 342. The van der Waals surface area contributed by atoms with Crippen LogP contribution in [0.5, 0.6) is 0 Å². The Morgan fingerprint density at radius 1 is 1.33 bits per heavy atom. The molecule has 0 aliphatic carbocycles. The molecule has 1 rings (SSSR count). The molecule has 0 fully saturated rings. The van der Waals surface area contributed by atoms with Crippen molar-refractivity contribution in [1.82, 2.24) is 0 Å². The van der Waals surface area contributed by atoms with Crippen molar-refractivity contribution in [1.29, 1.82) is 0 Å². The maximum atomic E-state index is 11.7. The van der Waals surface area contributed by atoms with E-state index in [0.717, 1.165) is 5.56 Å². The van der Waals surface area contributed by atoms with E-state index in [1.807, 2.05) is 18.2 Å². The zero-order valence-electron chi connectivity index (χ0n) is 8.41. The van der Waals surface area contributed by atoms with E-state index in [0.29, 0.717) is 0 Å². The standard InChI is InChI=1S/C10H16NO3P/c11-6-10(12)8-15(13,14)7-9-4-2-1-3-5-9/h1-5,10,12H,6-8,11H2,(H,13,14)/t10-/m1/s1. The van der Waals surface area contributed by atoms with Gasteiger partial charge in [-0.15, -0.1) is 0 Å². The maximum absolute atomic E-state index is 11.7. The highest BCUT2D eigenvalue weighted by Gasteiger charge is 2.22. The fourth-order valence-electron chi connectivity index (χ4n) is 1.34. The summed E-state index contributed by atoms with van der Waals surface area (Å²) in [6.07, 6.45) is -0.951. The number of hydrogen-bond donors (Lipinski definition) is 3. The van der Waals surface area contributed by atoms with Crippen LogP contribution in [0.4, 0.5) is 0 Å². The van der Waals surface area contributed by atoms with Crippen molar-refractivity contribution >= 4 is 7.37 Å². The zero-order chi connectivity index (χ0) is 11.3. The van der Waals surface area contributed by atoms with Crippen molar-refractivity contribution in [3.05, 3.63) is 35.9 Å². The molecule has 0 aliphatic heterocycles. The van der Waals surface area contributed by atoms with Gasteiger partial charge in [0.1, 0.15) is 0 Å². The lowest BCUT2D eigenvalue weighted by Gasteiger charge is -2.14. The predicted octanol–water partition coefficient (Wildman–Crippen LogP) is 0.777. The zero-order valence-corrected chi connectivity index (χ0v) is 9.31. The van der Waals surface area contributed by atoms with E-state index >= 15 is 0 Å². The summed E-state index contributed by atoms with van der Waals surface area (Å²) in [5, 5.41) is 9.21. The molecule has 4 nitrogen and oxygen atoms in total. The van der Waals surface area contributed by atoms with Crippen LogP contribution in [-0.4, -0.2) is 28.8 Å². The highest BCUT2D eigenvalue weighted by atomic mass is 31.2. The molecule has 0 aliphatic rings. The van der Waals surface area contributed by atoms with Crippen LogP contribution in [0.2, 0.25) is 0 Å². The molecule has 0 saturated carbocycles. The van der Waals surface area contributed by atoms with Crippen molar-refractivity contribution in [2.45, 2.75) is 12.3 Å². The van der Waals surface area contributed by atoms with Gasteiger partial charge in [0.25, 0.3) is 0 Å². The summed E-state index contributed by atoms with van der Waals surface area (Å²) in [5.41, 5.74) is 5.99. The molecular weight excluding hydrogens is 213 g/mol. The molecule has 0 heterocycles. The summed E-state index contributed by atoms with van der Waals surface area (Å²) >= 11 is 0. The summed E-state index contributed by atoms with van der Waals surface area (Å²) < 4.78 is 11.7. The number of aliphatic hydroxyl groups is 1. The van der Waals surface area contributed by atoms with E-state index in [9.17, 15) is 14.6 Å². The van der Waals surface area contributed by atoms with Gasteiger partial charge in [0.15, 0.2) is 0 Å². The Morgan fingerprint density at radius 3 is 2.47 bits per heavy atom. The molecule has 0 amide bonds. The molecule has 2 atom stereocenters. The number of benzene rings is 1. The van der Waals surface area contributed by atoms with E-state index in [2.05, 4.69) is 0 Å². The Morgan fingerprint density at radius 2 is 1.93 bits per heavy atom. The summed E-state index contributed by atoms with van der Waals surface area (Å²) in [4.78, 5) is 9.61. The molecule has 0 radical (unpaired) electrons. The number of aliphatic hydroxyl groups excluding tert-OH is 1. The van der Waals surface area contributed by atoms with Crippen LogP contribution in [0.15, 0.2) is 30.3 Å². The smallest absolute Gasteiger partial charge is 0.207 e. The molecule has 4 N–H and O–H groups in total. The van der Waals surface area contributed by atoms with Gasteiger partial charge in [0, 0.05) is 12.7 Å². The van der Waals surface area contributed by atoms with Crippen LogP contribution >= 0.6 is 7.37 Å². The Labute approximate surface area is 89.2 Å². The third-order valence-corrected chi connectivity index (χ3v) is 3.89. The molecule has 84 valence electrons. The normalized spacial score (nSPS) is 17.0. The summed E-state index contributed by atoms with van der Waals surface area (Å²) in [6, 6.07) is 9.05. The van der Waals surface area contributed by atoms with E-state index in [1.165, 1.54) is 0 Å². The van der Waals surface area contributed by atoms with Gasteiger partial charge in [0.2, 0.25) is 7.37 Å². The van der Waals surface area contributed by atoms with Crippen LogP contribution < -0.4 is 5.73 Å². The molecule has 5 heteroatoms. The predicted molar refractivity (Wildman–Crippen MR) is 59.9 cm³/mol. The van der Waals surface area contributed by atoms with Crippen LogP contribution in [-0.2, 0) is 10.7 Å². The number of rotatable bonds is 5. The second-order valence-corrected chi connectivity index (χ2v) is 5.94. The largest absolute Gasteiger partial charge is 0.391 e. The van der Waals surface area contributed by atoms with E-state index < -0.39 is 13.5 Å². The highest BCUT2D eigenvalue weighted by Crippen LogP contribution is 2.44. The third kappa shape index (κ3) is 4.58. The minimum absolute atomic E-state index is 0.0132. The summed E-state index contributed by atoms with van der Waals surface area (Å²) in [6.45, 7) is 0.0132. The first-order valence-electron chi connectivity index (χ1n) is 4.76. The Kier molecular flexibility index (Phi) is 4.48.